The van der Waals surface area contributed by atoms with E-state index in [4.69, 9.17) is 31.1 Å². The molecule has 464 valence electrons. The average molecular weight is 1220 g/mol. The van der Waals surface area contributed by atoms with Crippen LogP contribution in [0.4, 0.5) is 13.2 Å². The lowest BCUT2D eigenvalue weighted by Crippen LogP contribution is -2.42. The Hall–Kier alpha value is -10.0. The predicted octanol–water partition coefficient (Wildman–Crippen LogP) is 9.59. The molecule has 6 heterocycles. The summed E-state index contributed by atoms with van der Waals surface area (Å²) >= 11 is 0. The van der Waals surface area contributed by atoms with Crippen molar-refractivity contribution in [2.24, 2.45) is 11.5 Å². The largest absolute Gasteiger partial charge is 0.478 e. The molecule has 0 saturated carbocycles. The number of carbonyl (C=O) groups excluding carboxylic acids is 4. The summed E-state index contributed by atoms with van der Waals surface area (Å²) in [4.78, 5) is 65.7. The molecule has 0 saturated heterocycles. The highest BCUT2D eigenvalue weighted by Gasteiger charge is 2.34. The highest BCUT2D eigenvalue weighted by atomic mass is 19.1. The Morgan fingerprint density at radius 1 is 0.444 bits per heavy atom. The number of amides is 2. The molecule has 0 atom stereocenters. The third-order valence-corrected chi connectivity index (χ3v) is 15.7. The second-order valence-electron chi connectivity index (χ2n) is 23.7. The second kappa shape index (κ2) is 26.0. The van der Waals surface area contributed by atoms with E-state index in [1.165, 1.54) is 45.9 Å². The molecule has 0 unspecified atom stereocenters. The van der Waals surface area contributed by atoms with Crippen LogP contribution in [-0.2, 0) is 78.0 Å². The number of aromatic nitrogens is 6. The van der Waals surface area contributed by atoms with Crippen LogP contribution < -0.4 is 11.5 Å². The molecule has 0 bridgehead atoms. The van der Waals surface area contributed by atoms with E-state index >= 15 is 0 Å². The molecule has 3 aliphatic heterocycles. The first kappa shape index (κ1) is 63.0. The van der Waals surface area contributed by atoms with Crippen LogP contribution in [0.2, 0.25) is 0 Å². The molecule has 0 spiro atoms. The van der Waals surface area contributed by atoms with Crippen molar-refractivity contribution in [3.05, 3.63) is 230 Å². The number of hydrogen-bond donors (Lipinski definition) is 3. The number of ether oxygens (including phenoxy) is 2. The topological polar surface area (TPSA) is 239 Å². The van der Waals surface area contributed by atoms with E-state index in [0.717, 1.165) is 74.1 Å². The monoisotopic (exact) mass is 1220 g/mol. The third kappa shape index (κ3) is 13.8. The number of rotatable bonds is 16. The van der Waals surface area contributed by atoms with Crippen molar-refractivity contribution >= 4 is 29.7 Å². The summed E-state index contributed by atoms with van der Waals surface area (Å²) in [7, 11) is 6.01. The maximum Gasteiger partial charge on any atom is 0.339 e. The van der Waals surface area contributed by atoms with Gasteiger partial charge in [0.25, 0.3) is 11.8 Å². The van der Waals surface area contributed by atoms with Gasteiger partial charge in [0, 0.05) is 72.6 Å². The maximum atomic E-state index is 14.7. The molecule has 0 radical (unpaired) electrons. The number of aromatic carboxylic acids is 1. The van der Waals surface area contributed by atoms with Gasteiger partial charge in [-0.3, -0.25) is 38.3 Å². The summed E-state index contributed by atoms with van der Waals surface area (Å²) in [6.07, 6.45) is 0. The maximum absolute atomic E-state index is 14.7. The molecular formula is C68H68F3N11O8. The first-order valence-electron chi connectivity index (χ1n) is 29.0. The van der Waals surface area contributed by atoms with E-state index in [1.54, 1.807) is 117 Å². The lowest BCUT2D eigenvalue weighted by Gasteiger charge is -2.21. The van der Waals surface area contributed by atoms with Gasteiger partial charge in [-0.2, -0.15) is 15.3 Å². The number of carboxylic acid groups (broad SMARTS) is 1. The van der Waals surface area contributed by atoms with Gasteiger partial charge >= 0.3 is 17.9 Å². The lowest BCUT2D eigenvalue weighted by molar-refractivity contribution is -0.134. The van der Waals surface area contributed by atoms with E-state index < -0.39 is 40.9 Å². The number of benzene rings is 6. The van der Waals surface area contributed by atoms with Crippen molar-refractivity contribution in [1.82, 2.24) is 44.0 Å². The average Bonchev–Trinajstić information content (AvgIpc) is 1.79. The molecule has 90 heavy (non-hydrogen) atoms. The molecule has 9 aromatic rings. The minimum absolute atomic E-state index is 0.231. The SMILES string of the molecule is CN1Cc2nn(Cc3cccc(C(=O)O)c3)c(-c3ccccc3F)c2C1.CN1Cc2nn(Cc3cccc(C(=O)OC(C)(C)C(N)=O)c3)c(-c3ccccc3F)c2C1.CN1Cc2nn(Cc3cccc(C(=O)OC(C)(C)C(N)=O)c3)c(-c3ccccc3F)c2C1. The fraction of sp³-hybridized carbons (Fsp3) is 0.265. The normalized spacial score (nSPS) is 13.8. The van der Waals surface area contributed by atoms with Crippen LogP contribution in [0.15, 0.2) is 146 Å². The van der Waals surface area contributed by atoms with Gasteiger partial charge in [-0.15, -0.1) is 0 Å². The molecule has 5 N–H and O–H groups in total. The van der Waals surface area contributed by atoms with Crippen LogP contribution in [0.1, 0.15) is 109 Å². The standard InChI is InChI=1S/2C24H25FN4O3.C20H18FN3O2/c2*1-24(2,23(26)31)32-22(30)16-8-6-7-15(11-16)12-29-21(17-9-4-5-10-19(17)25)18-13-28(3)14-20(18)27-29;1-23-11-16-18(12-23)22-24(19(16)15-7-2-3-8-17(15)21)10-13-5-4-6-14(9-13)20(25)26/h2*4-11H,12-14H2,1-3H3,(H2,26,31);2-9H,10-12H2,1H3,(H,25,26). The summed E-state index contributed by atoms with van der Waals surface area (Å²) in [5, 5.41) is 23.4. The van der Waals surface area contributed by atoms with Crippen molar-refractivity contribution in [3.8, 4) is 33.8 Å². The third-order valence-electron chi connectivity index (χ3n) is 15.7. The van der Waals surface area contributed by atoms with Crippen LogP contribution in [-0.4, -0.2) is 111 Å². The van der Waals surface area contributed by atoms with E-state index in [2.05, 4.69) is 19.8 Å². The van der Waals surface area contributed by atoms with Gasteiger partial charge in [-0.05, 0) is 138 Å². The van der Waals surface area contributed by atoms with Crippen molar-refractivity contribution in [2.45, 2.75) is 97.8 Å². The highest BCUT2D eigenvalue weighted by molar-refractivity contribution is 5.94. The Morgan fingerprint density at radius 2 is 0.733 bits per heavy atom. The molecule has 0 fully saturated rings. The van der Waals surface area contributed by atoms with Crippen molar-refractivity contribution in [2.75, 3.05) is 21.1 Å². The minimum Gasteiger partial charge on any atom is -0.478 e. The molecular weight excluding hydrogens is 1160 g/mol. The van der Waals surface area contributed by atoms with Gasteiger partial charge in [0.2, 0.25) is 0 Å². The number of halogens is 3. The van der Waals surface area contributed by atoms with Gasteiger partial charge < -0.3 is 26.0 Å². The second-order valence-corrected chi connectivity index (χ2v) is 23.7. The van der Waals surface area contributed by atoms with Gasteiger partial charge in [-0.25, -0.2) is 27.6 Å². The van der Waals surface area contributed by atoms with Gasteiger partial charge in [0.05, 0.1) is 70.5 Å². The molecule has 6 aromatic carbocycles. The summed E-state index contributed by atoms with van der Waals surface area (Å²) in [5.74, 6) is -4.62. The number of carboxylic acids is 1. The molecule has 3 aliphatic rings. The fourth-order valence-electron chi connectivity index (χ4n) is 11.1. The summed E-state index contributed by atoms with van der Waals surface area (Å²) in [6, 6.07) is 40.5. The predicted molar refractivity (Wildman–Crippen MR) is 329 cm³/mol. The molecule has 19 nitrogen and oxygen atoms in total. The Morgan fingerprint density at radius 3 is 1.02 bits per heavy atom. The van der Waals surface area contributed by atoms with Crippen LogP contribution in [0, 0.1) is 17.5 Å². The quantitative estimate of drug-likeness (QED) is 0.0764. The van der Waals surface area contributed by atoms with Crippen LogP contribution in [0.5, 0.6) is 0 Å². The van der Waals surface area contributed by atoms with E-state index in [-0.39, 0.29) is 23.0 Å². The Balaban J connectivity index is 0.000000149. The highest BCUT2D eigenvalue weighted by Crippen LogP contribution is 2.37. The molecule has 3 aromatic heterocycles. The first-order chi connectivity index (χ1) is 42.8. The van der Waals surface area contributed by atoms with Gasteiger partial charge in [0.15, 0.2) is 11.2 Å². The fourth-order valence-corrected chi connectivity index (χ4v) is 11.1. The zero-order valence-electron chi connectivity index (χ0n) is 50.8. The Kier molecular flexibility index (Phi) is 18.2. The van der Waals surface area contributed by atoms with Crippen molar-refractivity contribution in [3.63, 3.8) is 0 Å². The van der Waals surface area contributed by atoms with E-state index in [1.807, 2.05) is 45.4 Å². The number of nitrogens with zero attached hydrogens (tertiary/aromatic N) is 9. The van der Waals surface area contributed by atoms with Crippen molar-refractivity contribution < 1.29 is 51.7 Å². The summed E-state index contributed by atoms with van der Waals surface area (Å²) < 4.78 is 59.7. The van der Waals surface area contributed by atoms with Gasteiger partial charge in [0.1, 0.15) is 17.5 Å². The van der Waals surface area contributed by atoms with Crippen LogP contribution >= 0.6 is 0 Å². The number of primary amides is 2. The van der Waals surface area contributed by atoms with Crippen LogP contribution in [0.25, 0.3) is 33.8 Å². The minimum atomic E-state index is -1.42. The number of fused-ring (bicyclic) bond motifs is 3. The zero-order chi connectivity index (χ0) is 64.3. The Bertz CT molecular complexity index is 4060. The number of carbonyl (C=O) groups is 5. The number of nitrogens with two attached hydrogens (primary N) is 2. The zero-order valence-corrected chi connectivity index (χ0v) is 50.8. The smallest absolute Gasteiger partial charge is 0.339 e. The molecule has 2 amide bonds. The van der Waals surface area contributed by atoms with Gasteiger partial charge in [-0.1, -0.05) is 72.8 Å². The number of esters is 2. The first-order valence-corrected chi connectivity index (χ1v) is 29.0. The molecule has 0 aliphatic carbocycles. The Labute approximate surface area is 517 Å². The summed E-state index contributed by atoms with van der Waals surface area (Å²) in [5.41, 5.74) is 20.6. The van der Waals surface area contributed by atoms with E-state index in [0.29, 0.717) is 80.2 Å². The lowest BCUT2D eigenvalue weighted by atomic mass is 10.1. The molecule has 22 heteroatoms. The number of hydrogen-bond acceptors (Lipinski definition) is 13. The summed E-state index contributed by atoms with van der Waals surface area (Å²) in [6.45, 7) is 11.1. The molecule has 12 rings (SSSR count). The van der Waals surface area contributed by atoms with Crippen molar-refractivity contribution in [1.29, 1.82) is 0 Å². The van der Waals surface area contributed by atoms with E-state index in [9.17, 15) is 42.3 Å². The van der Waals surface area contributed by atoms with Crippen LogP contribution in [0.3, 0.4) is 0 Å².